The summed E-state index contributed by atoms with van der Waals surface area (Å²) in [6.07, 6.45) is -3.68. The van der Waals surface area contributed by atoms with Crippen molar-refractivity contribution in [1.29, 1.82) is 0 Å². The normalized spacial score (nSPS) is 14.1. The number of alkyl halides is 3. The fourth-order valence-corrected chi connectivity index (χ4v) is 5.12. The molecule has 224 valence electrons. The van der Waals surface area contributed by atoms with Gasteiger partial charge in [-0.15, -0.1) is 0 Å². The number of piperazine rings is 1. The Hall–Kier alpha value is -4.71. The quantitative estimate of drug-likeness (QED) is 0.245. The summed E-state index contributed by atoms with van der Waals surface area (Å²) >= 11 is 0. The van der Waals surface area contributed by atoms with Crippen LogP contribution in [0.2, 0.25) is 0 Å². The number of carboxylic acid groups (broad SMARTS) is 1. The van der Waals surface area contributed by atoms with E-state index in [0.717, 1.165) is 40.2 Å². The van der Waals surface area contributed by atoms with Crippen molar-refractivity contribution in [1.82, 2.24) is 19.8 Å². The summed E-state index contributed by atoms with van der Waals surface area (Å²) in [5.41, 5.74) is 2.91. The first-order valence-corrected chi connectivity index (χ1v) is 13.8. The summed E-state index contributed by atoms with van der Waals surface area (Å²) < 4.78 is 40.0. The summed E-state index contributed by atoms with van der Waals surface area (Å²) in [6.45, 7) is 6.96. The molecular weight excluding hydrogens is 561 g/mol. The number of carbonyl (C=O) groups is 2. The zero-order valence-corrected chi connectivity index (χ0v) is 23.7. The van der Waals surface area contributed by atoms with Crippen molar-refractivity contribution < 1.29 is 27.9 Å². The Morgan fingerprint density at radius 1 is 1.00 bits per heavy atom. The fraction of sp³-hybridized carbons (Fsp3) is 0.290. The van der Waals surface area contributed by atoms with Gasteiger partial charge in [-0.3, -0.25) is 9.69 Å². The second-order valence-corrected chi connectivity index (χ2v) is 10.5. The highest BCUT2D eigenvalue weighted by Crippen LogP contribution is 2.35. The number of anilines is 2. The molecule has 1 aliphatic rings. The number of amides is 2. The van der Waals surface area contributed by atoms with Crippen LogP contribution in [0.3, 0.4) is 0 Å². The number of carbonyl (C=O) groups excluding carboxylic acids is 1. The summed E-state index contributed by atoms with van der Waals surface area (Å²) in [5, 5.41) is 15.7. The molecule has 0 radical (unpaired) electrons. The molecule has 0 unspecified atom stereocenters. The van der Waals surface area contributed by atoms with Gasteiger partial charge in [-0.25, -0.2) is 14.8 Å². The number of fused-ring (bicyclic) bond motifs is 1. The molecule has 1 aliphatic heterocycles. The van der Waals surface area contributed by atoms with E-state index in [9.17, 15) is 22.8 Å². The van der Waals surface area contributed by atoms with Gasteiger partial charge in [0, 0.05) is 62.1 Å². The molecule has 0 aliphatic carbocycles. The monoisotopic (exact) mass is 592 g/mol. The first-order valence-electron chi connectivity index (χ1n) is 13.8. The van der Waals surface area contributed by atoms with E-state index in [1.165, 1.54) is 24.0 Å². The molecule has 9 nitrogen and oxygen atoms in total. The molecule has 5 rings (SSSR count). The minimum atomic E-state index is -4.51. The van der Waals surface area contributed by atoms with Gasteiger partial charge < -0.3 is 20.6 Å². The Labute approximate surface area is 246 Å². The topological polar surface area (TPSA) is 111 Å². The molecule has 2 heterocycles. The minimum absolute atomic E-state index is 0.0438. The number of rotatable bonds is 7. The summed E-state index contributed by atoms with van der Waals surface area (Å²) in [5.74, 6) is -0.0172. The minimum Gasteiger partial charge on any atom is -0.465 e. The Bertz CT molecular complexity index is 1670. The van der Waals surface area contributed by atoms with E-state index >= 15 is 0 Å². The van der Waals surface area contributed by atoms with Crippen molar-refractivity contribution in [2.45, 2.75) is 20.0 Å². The third kappa shape index (κ3) is 6.86. The highest BCUT2D eigenvalue weighted by Gasteiger charge is 2.33. The van der Waals surface area contributed by atoms with Gasteiger partial charge in [0.25, 0.3) is 5.91 Å². The van der Waals surface area contributed by atoms with Crippen LogP contribution in [-0.2, 0) is 6.18 Å². The summed E-state index contributed by atoms with van der Waals surface area (Å²) in [4.78, 5) is 36.8. The third-order valence-electron chi connectivity index (χ3n) is 7.63. The van der Waals surface area contributed by atoms with E-state index in [2.05, 4.69) is 25.5 Å². The zero-order chi connectivity index (χ0) is 30.7. The zero-order valence-electron chi connectivity index (χ0n) is 23.7. The molecule has 12 heteroatoms. The molecule has 2 amide bonds. The highest BCUT2D eigenvalue weighted by atomic mass is 19.4. The first-order chi connectivity index (χ1) is 20.5. The second kappa shape index (κ2) is 12.3. The maximum atomic E-state index is 13.3. The van der Waals surface area contributed by atoms with E-state index in [1.807, 2.05) is 25.1 Å². The van der Waals surface area contributed by atoms with E-state index < -0.39 is 23.7 Å². The maximum Gasteiger partial charge on any atom is 0.416 e. The summed E-state index contributed by atoms with van der Waals surface area (Å²) in [7, 11) is 0. The van der Waals surface area contributed by atoms with E-state index in [4.69, 9.17) is 5.11 Å². The van der Waals surface area contributed by atoms with Crippen LogP contribution in [-0.4, -0.2) is 76.1 Å². The van der Waals surface area contributed by atoms with Crippen molar-refractivity contribution >= 4 is 34.5 Å². The van der Waals surface area contributed by atoms with E-state index in [0.29, 0.717) is 44.2 Å². The maximum absolute atomic E-state index is 13.3. The van der Waals surface area contributed by atoms with Gasteiger partial charge >= 0.3 is 12.3 Å². The average Bonchev–Trinajstić information content (AvgIpc) is 2.98. The molecule has 0 saturated carbocycles. The number of hydrogen-bond acceptors (Lipinski definition) is 6. The van der Waals surface area contributed by atoms with Crippen LogP contribution in [0.4, 0.5) is 29.6 Å². The number of nitrogens with zero attached hydrogens (tertiary/aromatic N) is 4. The van der Waals surface area contributed by atoms with Crippen molar-refractivity contribution in [2.24, 2.45) is 0 Å². The second-order valence-electron chi connectivity index (χ2n) is 10.5. The average molecular weight is 593 g/mol. The van der Waals surface area contributed by atoms with Crippen LogP contribution in [0, 0.1) is 13.8 Å². The van der Waals surface area contributed by atoms with Gasteiger partial charge in [0.2, 0.25) is 5.95 Å². The molecule has 1 saturated heterocycles. The van der Waals surface area contributed by atoms with Crippen molar-refractivity contribution in [3.63, 3.8) is 0 Å². The largest absolute Gasteiger partial charge is 0.465 e. The van der Waals surface area contributed by atoms with E-state index in [-0.39, 0.29) is 11.3 Å². The predicted octanol–water partition coefficient (Wildman–Crippen LogP) is 5.89. The standard InChI is InChI=1S/C31H31F3N6O3/c1-19-6-7-22(28(41)37-26-5-3-4-25(20(26)2)31(32,33)34)17-24(19)21-8-9-27-23(16-21)18-36-29(38-27)35-10-11-39-12-14-40(15-13-39)30(42)43/h3-9,16-18H,10-15H2,1-2H3,(H,37,41)(H,42,43)(H,35,36,38). The number of nitrogens with one attached hydrogen (secondary N) is 2. The lowest BCUT2D eigenvalue weighted by Crippen LogP contribution is -2.49. The van der Waals surface area contributed by atoms with Crippen LogP contribution in [0.5, 0.6) is 0 Å². The number of halogens is 3. The van der Waals surface area contributed by atoms with Crippen LogP contribution in [0.15, 0.2) is 60.8 Å². The van der Waals surface area contributed by atoms with Crippen LogP contribution < -0.4 is 10.6 Å². The lowest BCUT2D eigenvalue weighted by molar-refractivity contribution is -0.138. The fourth-order valence-electron chi connectivity index (χ4n) is 5.12. The Balaban J connectivity index is 1.26. The SMILES string of the molecule is Cc1ccc(C(=O)Nc2cccc(C(F)(F)F)c2C)cc1-c1ccc2nc(NCCN3CCN(C(=O)O)CC3)ncc2c1. The highest BCUT2D eigenvalue weighted by molar-refractivity contribution is 6.05. The van der Waals surface area contributed by atoms with E-state index in [1.54, 1.807) is 24.4 Å². The van der Waals surface area contributed by atoms with Gasteiger partial charge in [-0.2, -0.15) is 13.2 Å². The predicted molar refractivity (Wildman–Crippen MR) is 158 cm³/mol. The third-order valence-corrected chi connectivity index (χ3v) is 7.63. The van der Waals surface area contributed by atoms with Gasteiger partial charge in [0.15, 0.2) is 0 Å². The molecule has 43 heavy (non-hydrogen) atoms. The number of aromatic nitrogens is 2. The Morgan fingerprint density at radius 2 is 1.77 bits per heavy atom. The van der Waals surface area contributed by atoms with Crippen LogP contribution in [0.1, 0.15) is 27.0 Å². The number of aryl methyl sites for hydroxylation is 1. The van der Waals surface area contributed by atoms with Crippen molar-refractivity contribution in [2.75, 3.05) is 49.9 Å². The first kappa shape index (κ1) is 29.8. The van der Waals surface area contributed by atoms with Crippen molar-refractivity contribution in [3.05, 3.63) is 83.0 Å². The van der Waals surface area contributed by atoms with Gasteiger partial charge in [-0.05, 0) is 72.5 Å². The molecule has 3 N–H and O–H groups in total. The van der Waals surface area contributed by atoms with Gasteiger partial charge in [-0.1, -0.05) is 18.2 Å². The van der Waals surface area contributed by atoms with Crippen molar-refractivity contribution in [3.8, 4) is 11.1 Å². The van der Waals surface area contributed by atoms with Gasteiger partial charge in [0.1, 0.15) is 0 Å². The molecular formula is C31H31F3N6O3. The lowest BCUT2D eigenvalue weighted by Gasteiger charge is -2.32. The molecule has 4 aromatic rings. The number of hydrogen-bond donors (Lipinski definition) is 3. The Kier molecular flexibility index (Phi) is 8.49. The summed E-state index contributed by atoms with van der Waals surface area (Å²) in [6, 6.07) is 14.6. The molecule has 1 aromatic heterocycles. The Morgan fingerprint density at radius 3 is 2.49 bits per heavy atom. The van der Waals surface area contributed by atoms with Gasteiger partial charge in [0.05, 0.1) is 11.1 Å². The molecule has 0 atom stereocenters. The molecule has 0 bridgehead atoms. The number of benzene rings is 3. The smallest absolute Gasteiger partial charge is 0.416 e. The molecule has 0 spiro atoms. The lowest BCUT2D eigenvalue weighted by atomic mass is 9.96. The van der Waals surface area contributed by atoms with Crippen LogP contribution in [0.25, 0.3) is 22.0 Å². The van der Waals surface area contributed by atoms with Crippen LogP contribution >= 0.6 is 0 Å². The molecule has 1 fully saturated rings. The molecule has 3 aromatic carbocycles.